The summed E-state index contributed by atoms with van der Waals surface area (Å²) >= 11 is 1.34. The fourth-order valence-electron chi connectivity index (χ4n) is 1.42. The summed E-state index contributed by atoms with van der Waals surface area (Å²) in [5.41, 5.74) is 1.21. The van der Waals surface area contributed by atoms with Crippen LogP contribution in [-0.2, 0) is 0 Å². The Morgan fingerprint density at radius 1 is 1.31 bits per heavy atom. The molecule has 4 heteroatoms. The third-order valence-electron chi connectivity index (χ3n) is 2.17. The smallest absolute Gasteiger partial charge is 0.340 e. The lowest BCUT2D eigenvalue weighted by Crippen LogP contribution is -1.95. The van der Waals surface area contributed by atoms with Gasteiger partial charge in [0.25, 0.3) is 0 Å². The standard InChI is InChI=1S/C12H10O3S/c1-15-12-9(11(13)14)7-10(16-12)8-5-3-2-4-6-8/h2-7H,1H3,(H,13,14). The summed E-state index contributed by atoms with van der Waals surface area (Å²) in [4.78, 5) is 11.8. The summed E-state index contributed by atoms with van der Waals surface area (Å²) in [6.07, 6.45) is 0. The van der Waals surface area contributed by atoms with Gasteiger partial charge >= 0.3 is 5.97 Å². The Hall–Kier alpha value is -1.81. The van der Waals surface area contributed by atoms with Crippen LogP contribution in [0.4, 0.5) is 0 Å². The highest BCUT2D eigenvalue weighted by molar-refractivity contribution is 7.17. The second kappa shape index (κ2) is 4.37. The molecule has 0 bridgehead atoms. The first kappa shape index (κ1) is 10.7. The Labute approximate surface area is 96.9 Å². The number of rotatable bonds is 3. The van der Waals surface area contributed by atoms with E-state index in [0.29, 0.717) is 5.06 Å². The molecule has 16 heavy (non-hydrogen) atoms. The third-order valence-corrected chi connectivity index (χ3v) is 3.32. The molecular weight excluding hydrogens is 224 g/mol. The van der Waals surface area contributed by atoms with Crippen LogP contribution >= 0.6 is 11.3 Å². The van der Waals surface area contributed by atoms with Crippen molar-refractivity contribution in [2.75, 3.05) is 7.11 Å². The molecule has 1 aromatic carbocycles. The van der Waals surface area contributed by atoms with Gasteiger partial charge in [0.1, 0.15) is 5.56 Å². The number of carboxylic acids is 1. The van der Waals surface area contributed by atoms with Gasteiger partial charge in [-0.25, -0.2) is 4.79 Å². The molecule has 0 atom stereocenters. The van der Waals surface area contributed by atoms with Crippen molar-refractivity contribution in [2.24, 2.45) is 0 Å². The largest absolute Gasteiger partial charge is 0.487 e. The highest BCUT2D eigenvalue weighted by Gasteiger charge is 2.16. The lowest BCUT2D eigenvalue weighted by atomic mass is 10.2. The Kier molecular flexibility index (Phi) is 2.92. The van der Waals surface area contributed by atoms with Gasteiger partial charge in [-0.3, -0.25) is 0 Å². The van der Waals surface area contributed by atoms with Crippen molar-refractivity contribution in [3.63, 3.8) is 0 Å². The zero-order chi connectivity index (χ0) is 11.5. The predicted molar refractivity (Wildman–Crippen MR) is 63.3 cm³/mol. The number of carbonyl (C=O) groups is 1. The van der Waals surface area contributed by atoms with Gasteiger partial charge in [0.15, 0.2) is 5.06 Å². The molecule has 0 radical (unpaired) electrons. The lowest BCUT2D eigenvalue weighted by molar-refractivity contribution is 0.0694. The summed E-state index contributed by atoms with van der Waals surface area (Å²) < 4.78 is 5.05. The zero-order valence-corrected chi connectivity index (χ0v) is 9.45. The predicted octanol–water partition coefficient (Wildman–Crippen LogP) is 3.12. The first-order valence-corrected chi connectivity index (χ1v) is 5.50. The molecule has 0 saturated carbocycles. The molecular formula is C12H10O3S. The molecule has 1 aromatic heterocycles. The Morgan fingerprint density at radius 3 is 2.50 bits per heavy atom. The normalized spacial score (nSPS) is 10.1. The van der Waals surface area contributed by atoms with Crippen LogP contribution in [0.2, 0.25) is 0 Å². The summed E-state index contributed by atoms with van der Waals surface area (Å²) in [6.45, 7) is 0. The van der Waals surface area contributed by atoms with Crippen LogP contribution in [0.3, 0.4) is 0 Å². The zero-order valence-electron chi connectivity index (χ0n) is 8.64. The molecule has 1 N–H and O–H groups in total. The van der Waals surface area contributed by atoms with E-state index >= 15 is 0 Å². The van der Waals surface area contributed by atoms with Crippen molar-refractivity contribution < 1.29 is 14.6 Å². The Balaban J connectivity index is 2.48. The van der Waals surface area contributed by atoms with Crippen molar-refractivity contribution in [3.8, 4) is 15.5 Å². The van der Waals surface area contributed by atoms with E-state index in [2.05, 4.69) is 0 Å². The van der Waals surface area contributed by atoms with E-state index < -0.39 is 5.97 Å². The molecule has 82 valence electrons. The topological polar surface area (TPSA) is 46.5 Å². The van der Waals surface area contributed by atoms with Gasteiger partial charge in [-0.1, -0.05) is 41.7 Å². The fraction of sp³-hybridized carbons (Fsp3) is 0.0833. The number of hydrogen-bond acceptors (Lipinski definition) is 3. The van der Waals surface area contributed by atoms with Gasteiger partial charge in [0.05, 0.1) is 7.11 Å². The van der Waals surface area contributed by atoms with Crippen LogP contribution in [0.5, 0.6) is 5.06 Å². The maximum absolute atomic E-state index is 11.0. The maximum atomic E-state index is 11.0. The van der Waals surface area contributed by atoms with Gasteiger partial charge in [-0.2, -0.15) is 0 Å². The second-order valence-corrected chi connectivity index (χ2v) is 4.20. The molecule has 1 heterocycles. The van der Waals surface area contributed by atoms with Crippen LogP contribution in [0.15, 0.2) is 36.4 Å². The molecule has 0 aliphatic heterocycles. The van der Waals surface area contributed by atoms with Crippen molar-refractivity contribution in [1.82, 2.24) is 0 Å². The number of thiophene rings is 1. The molecule has 0 spiro atoms. The second-order valence-electron chi connectivity index (χ2n) is 3.19. The average Bonchev–Trinajstić information content (AvgIpc) is 2.74. The minimum Gasteiger partial charge on any atom is -0.487 e. The molecule has 3 nitrogen and oxygen atoms in total. The van der Waals surface area contributed by atoms with Crippen LogP contribution < -0.4 is 4.74 Å². The van der Waals surface area contributed by atoms with Gasteiger partial charge < -0.3 is 9.84 Å². The summed E-state index contributed by atoms with van der Waals surface area (Å²) in [7, 11) is 1.48. The average molecular weight is 234 g/mol. The van der Waals surface area contributed by atoms with Crippen LogP contribution in [-0.4, -0.2) is 18.2 Å². The molecule has 2 aromatic rings. The lowest BCUT2D eigenvalue weighted by Gasteiger charge is -1.95. The third kappa shape index (κ3) is 1.92. The van der Waals surface area contributed by atoms with Gasteiger partial charge in [0, 0.05) is 4.88 Å². The SMILES string of the molecule is COc1sc(-c2ccccc2)cc1C(=O)O. The van der Waals surface area contributed by atoms with Gasteiger partial charge in [-0.05, 0) is 11.6 Å². The van der Waals surface area contributed by atoms with E-state index in [-0.39, 0.29) is 5.56 Å². The molecule has 0 aliphatic carbocycles. The number of hydrogen-bond donors (Lipinski definition) is 1. The molecule has 0 saturated heterocycles. The fourth-order valence-corrected chi connectivity index (χ4v) is 2.39. The van der Waals surface area contributed by atoms with E-state index in [1.54, 1.807) is 6.07 Å². The molecule has 0 aliphatic rings. The highest BCUT2D eigenvalue weighted by Crippen LogP contribution is 2.36. The van der Waals surface area contributed by atoms with E-state index in [0.717, 1.165) is 10.4 Å². The van der Waals surface area contributed by atoms with E-state index in [9.17, 15) is 4.79 Å². The first-order valence-electron chi connectivity index (χ1n) is 4.69. The monoisotopic (exact) mass is 234 g/mol. The van der Waals surface area contributed by atoms with Crippen LogP contribution in [0.1, 0.15) is 10.4 Å². The van der Waals surface area contributed by atoms with Crippen LogP contribution in [0, 0.1) is 0 Å². The number of ether oxygens (including phenoxy) is 1. The van der Waals surface area contributed by atoms with Crippen molar-refractivity contribution in [2.45, 2.75) is 0 Å². The molecule has 0 fully saturated rings. The highest BCUT2D eigenvalue weighted by atomic mass is 32.1. The number of methoxy groups -OCH3 is 1. The molecule has 2 rings (SSSR count). The minimum atomic E-state index is -0.963. The van der Waals surface area contributed by atoms with Crippen molar-refractivity contribution in [3.05, 3.63) is 42.0 Å². The van der Waals surface area contributed by atoms with Gasteiger partial charge in [0.2, 0.25) is 0 Å². The van der Waals surface area contributed by atoms with Crippen molar-refractivity contribution >= 4 is 17.3 Å². The molecule has 0 unspecified atom stereocenters. The molecule has 0 amide bonds. The quantitative estimate of drug-likeness (QED) is 0.887. The van der Waals surface area contributed by atoms with E-state index in [1.807, 2.05) is 30.3 Å². The van der Waals surface area contributed by atoms with E-state index in [4.69, 9.17) is 9.84 Å². The summed E-state index contributed by atoms with van der Waals surface area (Å²) in [5.74, 6) is -0.963. The number of benzene rings is 1. The minimum absolute atomic E-state index is 0.214. The van der Waals surface area contributed by atoms with Gasteiger partial charge in [-0.15, -0.1) is 0 Å². The summed E-state index contributed by atoms with van der Waals surface area (Å²) in [6, 6.07) is 11.3. The summed E-state index contributed by atoms with van der Waals surface area (Å²) in [5, 5.41) is 9.42. The Morgan fingerprint density at radius 2 is 2.00 bits per heavy atom. The number of carboxylic acid groups (broad SMARTS) is 1. The first-order chi connectivity index (χ1) is 7.72. The number of aromatic carboxylic acids is 1. The van der Waals surface area contributed by atoms with Crippen LogP contribution in [0.25, 0.3) is 10.4 Å². The Bertz CT molecular complexity index is 502. The van der Waals surface area contributed by atoms with E-state index in [1.165, 1.54) is 18.4 Å². The maximum Gasteiger partial charge on any atom is 0.340 e. The van der Waals surface area contributed by atoms with Crippen molar-refractivity contribution in [1.29, 1.82) is 0 Å².